The number of aliphatic hydroxyl groups excluding tert-OH is 1. The average molecular weight is 397 g/mol. The van der Waals surface area contributed by atoms with Crippen molar-refractivity contribution in [3.8, 4) is 22.5 Å². The van der Waals surface area contributed by atoms with Gasteiger partial charge in [0, 0.05) is 11.8 Å². The predicted molar refractivity (Wildman–Crippen MR) is 112 cm³/mol. The number of pyridine rings is 1. The van der Waals surface area contributed by atoms with Crippen molar-refractivity contribution >= 4 is 11.2 Å². The second-order valence-corrected chi connectivity index (χ2v) is 7.06. The Morgan fingerprint density at radius 2 is 1.80 bits per heavy atom. The first-order valence-corrected chi connectivity index (χ1v) is 9.58. The highest BCUT2D eigenvalue weighted by molar-refractivity contribution is 5.80. The summed E-state index contributed by atoms with van der Waals surface area (Å²) in [6, 6.07) is 18.2. The molecule has 0 saturated carbocycles. The minimum atomic E-state index is -0.132. The molecule has 0 amide bonds. The minimum absolute atomic E-state index is 0.132. The van der Waals surface area contributed by atoms with E-state index in [9.17, 15) is 5.11 Å². The summed E-state index contributed by atoms with van der Waals surface area (Å²) in [5.41, 5.74) is 6.80. The topological polar surface area (TPSA) is 105 Å². The van der Waals surface area contributed by atoms with E-state index in [0.29, 0.717) is 18.2 Å². The predicted octanol–water partition coefficient (Wildman–Crippen LogP) is 3.13. The number of fused-ring (bicyclic) bond motifs is 1. The Kier molecular flexibility index (Phi) is 4.53. The van der Waals surface area contributed by atoms with Gasteiger partial charge in [0.2, 0.25) is 0 Å². The third kappa shape index (κ3) is 3.13. The van der Waals surface area contributed by atoms with Crippen molar-refractivity contribution in [2.75, 3.05) is 0 Å². The van der Waals surface area contributed by atoms with Crippen molar-refractivity contribution in [2.24, 2.45) is 0 Å². The highest BCUT2D eigenvalue weighted by Gasteiger charge is 2.14. The summed E-state index contributed by atoms with van der Waals surface area (Å²) in [5, 5.41) is 24.0. The number of imidazole rings is 1. The number of rotatable bonds is 5. The number of aryl methyl sites for hydroxylation is 1. The lowest BCUT2D eigenvalue weighted by molar-refractivity contribution is 0.267. The molecule has 8 heteroatoms. The van der Waals surface area contributed by atoms with Gasteiger partial charge >= 0.3 is 0 Å². The highest BCUT2D eigenvalue weighted by atomic mass is 16.3. The Hall–Kier alpha value is -3.91. The van der Waals surface area contributed by atoms with Crippen molar-refractivity contribution in [1.82, 2.24) is 35.2 Å². The van der Waals surface area contributed by atoms with Crippen molar-refractivity contribution in [3.05, 3.63) is 77.7 Å². The molecule has 0 bridgehead atoms. The third-order valence-corrected chi connectivity index (χ3v) is 5.19. The van der Waals surface area contributed by atoms with Gasteiger partial charge in [-0.3, -0.25) is 0 Å². The molecule has 0 radical (unpaired) electrons. The van der Waals surface area contributed by atoms with E-state index in [1.165, 1.54) is 0 Å². The van der Waals surface area contributed by atoms with Gasteiger partial charge in [-0.1, -0.05) is 48.5 Å². The Labute approximate surface area is 172 Å². The SMILES string of the molecule is Cc1ccnc2c1nc(CO)n2Cc1ccc(-c2ccccc2-c2nnn[nH]2)cc1. The number of tetrazole rings is 1. The molecule has 30 heavy (non-hydrogen) atoms. The smallest absolute Gasteiger partial charge is 0.180 e. The lowest BCUT2D eigenvalue weighted by Crippen LogP contribution is -2.06. The zero-order chi connectivity index (χ0) is 20.5. The van der Waals surface area contributed by atoms with E-state index < -0.39 is 0 Å². The molecular weight excluding hydrogens is 378 g/mol. The van der Waals surface area contributed by atoms with Crippen LogP contribution >= 0.6 is 0 Å². The molecule has 8 nitrogen and oxygen atoms in total. The van der Waals surface area contributed by atoms with Crippen LogP contribution in [0, 0.1) is 6.92 Å². The van der Waals surface area contributed by atoms with Crippen LogP contribution in [0.1, 0.15) is 17.0 Å². The largest absolute Gasteiger partial charge is 0.388 e. The van der Waals surface area contributed by atoms with Crippen LogP contribution in [0.5, 0.6) is 0 Å². The van der Waals surface area contributed by atoms with Gasteiger partial charge in [0.1, 0.15) is 17.9 Å². The second-order valence-electron chi connectivity index (χ2n) is 7.06. The first-order chi connectivity index (χ1) is 14.7. The molecule has 3 aromatic heterocycles. The van der Waals surface area contributed by atoms with Crippen LogP contribution in [-0.4, -0.2) is 40.3 Å². The van der Waals surface area contributed by atoms with Crippen LogP contribution in [0.4, 0.5) is 0 Å². The highest BCUT2D eigenvalue weighted by Crippen LogP contribution is 2.30. The Morgan fingerprint density at radius 3 is 2.53 bits per heavy atom. The molecule has 5 aromatic rings. The van der Waals surface area contributed by atoms with Gasteiger partial charge in [-0.05, 0) is 45.7 Å². The summed E-state index contributed by atoms with van der Waals surface area (Å²) >= 11 is 0. The second kappa shape index (κ2) is 7.49. The van der Waals surface area contributed by atoms with Crippen LogP contribution in [-0.2, 0) is 13.2 Å². The fraction of sp³-hybridized carbons (Fsp3) is 0.136. The summed E-state index contributed by atoms with van der Waals surface area (Å²) in [6.07, 6.45) is 1.77. The van der Waals surface area contributed by atoms with Crippen LogP contribution in [0.3, 0.4) is 0 Å². The van der Waals surface area contributed by atoms with Gasteiger partial charge < -0.3 is 9.67 Å². The molecule has 0 fully saturated rings. The van der Waals surface area contributed by atoms with Crippen LogP contribution in [0.25, 0.3) is 33.7 Å². The Morgan fingerprint density at radius 1 is 1.00 bits per heavy atom. The van der Waals surface area contributed by atoms with Crippen molar-refractivity contribution in [3.63, 3.8) is 0 Å². The van der Waals surface area contributed by atoms with E-state index >= 15 is 0 Å². The van der Waals surface area contributed by atoms with E-state index in [2.05, 4.69) is 54.9 Å². The molecule has 2 N–H and O–H groups in total. The maximum atomic E-state index is 9.77. The quantitative estimate of drug-likeness (QED) is 0.472. The van der Waals surface area contributed by atoms with Gasteiger partial charge in [-0.15, -0.1) is 5.10 Å². The van der Waals surface area contributed by atoms with Gasteiger partial charge in [-0.2, -0.15) is 0 Å². The van der Waals surface area contributed by atoms with Gasteiger partial charge in [0.25, 0.3) is 0 Å². The molecular formula is C22H19N7O. The number of aliphatic hydroxyl groups is 1. The number of hydrogen-bond acceptors (Lipinski definition) is 6. The van der Waals surface area contributed by atoms with Gasteiger partial charge in [-0.25, -0.2) is 15.1 Å². The van der Waals surface area contributed by atoms with Crippen molar-refractivity contribution < 1.29 is 5.11 Å². The molecule has 0 spiro atoms. The molecule has 0 aliphatic heterocycles. The Balaban J connectivity index is 1.49. The zero-order valence-corrected chi connectivity index (χ0v) is 16.3. The number of hydrogen-bond donors (Lipinski definition) is 2. The first-order valence-electron chi connectivity index (χ1n) is 9.58. The van der Waals surface area contributed by atoms with Crippen LogP contribution in [0.15, 0.2) is 60.8 Å². The van der Waals surface area contributed by atoms with E-state index in [0.717, 1.165) is 39.0 Å². The molecule has 0 aliphatic rings. The third-order valence-electron chi connectivity index (χ3n) is 5.19. The molecule has 2 aromatic carbocycles. The van der Waals surface area contributed by atoms with E-state index in [-0.39, 0.29) is 6.61 Å². The zero-order valence-electron chi connectivity index (χ0n) is 16.3. The summed E-state index contributed by atoms with van der Waals surface area (Å²) < 4.78 is 1.96. The number of nitrogens with zero attached hydrogens (tertiary/aromatic N) is 6. The molecule has 5 rings (SSSR count). The normalized spacial score (nSPS) is 11.3. The average Bonchev–Trinajstić information content (AvgIpc) is 3.44. The van der Waals surface area contributed by atoms with Crippen LogP contribution < -0.4 is 0 Å². The lowest BCUT2D eigenvalue weighted by atomic mass is 9.98. The van der Waals surface area contributed by atoms with E-state index in [1.807, 2.05) is 41.8 Å². The van der Waals surface area contributed by atoms with Crippen LogP contribution in [0.2, 0.25) is 0 Å². The lowest BCUT2D eigenvalue weighted by Gasteiger charge is -2.10. The number of benzene rings is 2. The molecule has 0 saturated heterocycles. The summed E-state index contributed by atoms with van der Waals surface area (Å²) in [7, 11) is 0. The van der Waals surface area contributed by atoms with Gasteiger partial charge in [0.15, 0.2) is 11.5 Å². The van der Waals surface area contributed by atoms with Crippen molar-refractivity contribution in [1.29, 1.82) is 0 Å². The number of nitrogens with one attached hydrogen (secondary N) is 1. The standard InChI is InChI=1S/C22H19N7O/c1-14-10-11-23-22-20(14)24-19(13-30)29(22)12-15-6-8-16(9-7-15)17-4-2-3-5-18(17)21-25-27-28-26-21/h2-11,30H,12-13H2,1H3,(H,25,26,27,28). The molecule has 0 aliphatic carbocycles. The number of aromatic amines is 1. The summed E-state index contributed by atoms with van der Waals surface area (Å²) in [6.45, 7) is 2.45. The van der Waals surface area contributed by atoms with Gasteiger partial charge in [0.05, 0.1) is 6.54 Å². The van der Waals surface area contributed by atoms with Crippen molar-refractivity contribution in [2.45, 2.75) is 20.1 Å². The fourth-order valence-corrected chi connectivity index (χ4v) is 3.66. The molecule has 148 valence electrons. The summed E-state index contributed by atoms with van der Waals surface area (Å²) in [5.74, 6) is 1.24. The molecule has 0 atom stereocenters. The number of aromatic nitrogens is 7. The monoisotopic (exact) mass is 397 g/mol. The molecule has 3 heterocycles. The maximum Gasteiger partial charge on any atom is 0.180 e. The maximum absolute atomic E-state index is 9.77. The summed E-state index contributed by atoms with van der Waals surface area (Å²) in [4.78, 5) is 9.04. The first kappa shape index (κ1) is 18.1. The van der Waals surface area contributed by atoms with E-state index in [1.54, 1.807) is 6.20 Å². The number of H-pyrrole nitrogens is 1. The minimum Gasteiger partial charge on any atom is -0.388 e. The Bertz CT molecular complexity index is 1310. The van der Waals surface area contributed by atoms with E-state index in [4.69, 9.17) is 0 Å². The molecule has 0 unspecified atom stereocenters. The fourth-order valence-electron chi connectivity index (χ4n) is 3.66.